The zero-order valence-electron chi connectivity index (χ0n) is 14.5. The lowest BCUT2D eigenvalue weighted by molar-refractivity contribution is -0.133. The Morgan fingerprint density at radius 1 is 1.27 bits per heavy atom. The molecule has 2 aromatic rings. The predicted octanol–water partition coefficient (Wildman–Crippen LogP) is 4.41. The fourth-order valence-corrected chi connectivity index (χ4v) is 3.16. The molecule has 0 unspecified atom stereocenters. The number of carbonyl (C=O) groups excluding carboxylic acids is 1. The maximum atomic E-state index is 13.1. The summed E-state index contributed by atoms with van der Waals surface area (Å²) < 4.78 is 13.1. The Labute approximate surface area is 157 Å². The highest BCUT2D eigenvalue weighted by Crippen LogP contribution is 2.23. The molecule has 0 saturated carbocycles. The number of hydrogen-bond donors (Lipinski definition) is 0. The van der Waals surface area contributed by atoms with E-state index in [1.807, 2.05) is 31.2 Å². The summed E-state index contributed by atoms with van der Waals surface area (Å²) in [7, 11) is 0. The molecule has 2 aromatic carbocycles. The lowest BCUT2D eigenvalue weighted by Crippen LogP contribution is -2.36. The average molecular weight is 375 g/mol. The Hall–Kier alpha value is -2.40. The summed E-state index contributed by atoms with van der Waals surface area (Å²) in [5.74, 6) is -0.275. The third-order valence-electron chi connectivity index (χ3n) is 4.28. The zero-order valence-corrected chi connectivity index (χ0v) is 15.2. The first-order valence-corrected chi connectivity index (χ1v) is 8.94. The number of hydrogen-bond acceptors (Lipinski definition) is 3. The van der Waals surface area contributed by atoms with E-state index in [0.29, 0.717) is 31.0 Å². The largest absolute Gasteiger partial charge is 0.390 e. The summed E-state index contributed by atoms with van der Waals surface area (Å²) in [6.07, 6.45) is 0.754. The van der Waals surface area contributed by atoms with Crippen molar-refractivity contribution in [3.63, 3.8) is 0 Å². The second-order valence-electron chi connectivity index (χ2n) is 6.20. The van der Waals surface area contributed by atoms with E-state index in [4.69, 9.17) is 16.4 Å². The first kappa shape index (κ1) is 18.4. The molecule has 0 bridgehead atoms. The molecule has 0 saturated heterocycles. The van der Waals surface area contributed by atoms with Gasteiger partial charge in [0.2, 0.25) is 5.91 Å². The molecule has 0 aliphatic carbocycles. The average Bonchev–Trinajstić information content (AvgIpc) is 3.11. The fourth-order valence-electron chi connectivity index (χ4n) is 2.91. The van der Waals surface area contributed by atoms with Crippen molar-refractivity contribution >= 4 is 23.2 Å². The van der Waals surface area contributed by atoms with E-state index < -0.39 is 0 Å². The molecule has 136 valence electrons. The van der Waals surface area contributed by atoms with Gasteiger partial charge in [0, 0.05) is 30.0 Å². The van der Waals surface area contributed by atoms with Gasteiger partial charge in [-0.15, -0.1) is 0 Å². The van der Waals surface area contributed by atoms with Crippen molar-refractivity contribution in [3.05, 3.63) is 70.5 Å². The molecule has 1 heterocycles. The fraction of sp³-hybridized carbons (Fsp3) is 0.300. The Bertz CT molecular complexity index is 808. The van der Waals surface area contributed by atoms with Gasteiger partial charge in [-0.1, -0.05) is 54.0 Å². The lowest BCUT2D eigenvalue weighted by Gasteiger charge is -2.24. The minimum Gasteiger partial charge on any atom is -0.390 e. The Balaban J connectivity index is 1.66. The van der Waals surface area contributed by atoms with Crippen LogP contribution in [0.3, 0.4) is 0 Å². The van der Waals surface area contributed by atoms with E-state index in [-0.39, 0.29) is 17.8 Å². The van der Waals surface area contributed by atoms with Gasteiger partial charge in [0.25, 0.3) is 0 Å². The van der Waals surface area contributed by atoms with Crippen molar-refractivity contribution in [1.29, 1.82) is 0 Å². The molecule has 1 aliphatic rings. The molecule has 3 rings (SSSR count). The molecule has 6 heteroatoms. The second-order valence-corrected chi connectivity index (χ2v) is 6.61. The van der Waals surface area contributed by atoms with Gasteiger partial charge < -0.3 is 9.74 Å². The van der Waals surface area contributed by atoms with Gasteiger partial charge in [-0.25, -0.2) is 4.39 Å². The van der Waals surface area contributed by atoms with Crippen molar-refractivity contribution in [2.24, 2.45) is 5.16 Å². The quantitative estimate of drug-likeness (QED) is 0.751. The van der Waals surface area contributed by atoms with Crippen molar-refractivity contribution in [3.8, 4) is 0 Å². The van der Waals surface area contributed by atoms with Gasteiger partial charge in [-0.3, -0.25) is 4.79 Å². The molecule has 0 spiro atoms. The Kier molecular flexibility index (Phi) is 5.89. The van der Waals surface area contributed by atoms with Gasteiger partial charge in [-0.2, -0.15) is 0 Å². The normalized spacial score (nSPS) is 16.1. The van der Waals surface area contributed by atoms with Crippen LogP contribution in [-0.2, 0) is 16.2 Å². The summed E-state index contributed by atoms with van der Waals surface area (Å²) in [6, 6.07) is 13.7. The van der Waals surface area contributed by atoms with Crippen LogP contribution in [0.2, 0.25) is 5.02 Å². The van der Waals surface area contributed by atoms with Gasteiger partial charge in [0.05, 0.1) is 12.3 Å². The van der Waals surface area contributed by atoms with Crippen LogP contribution >= 0.6 is 11.6 Å². The van der Waals surface area contributed by atoms with Gasteiger partial charge >= 0.3 is 0 Å². The third-order valence-corrected chi connectivity index (χ3v) is 4.61. The number of halogens is 2. The standard InChI is InChI=1S/C20H20ClFN2O2/c1-2-20(25)24(12-14-7-9-15(22)10-8-14)13-16-11-19(23-26-16)17-5-3-4-6-18(17)21/h3-10,16H,2,11-13H2,1H3/t16-/m0/s1. The monoisotopic (exact) mass is 374 g/mol. The number of benzene rings is 2. The molecule has 4 nitrogen and oxygen atoms in total. The summed E-state index contributed by atoms with van der Waals surface area (Å²) >= 11 is 6.22. The highest BCUT2D eigenvalue weighted by molar-refractivity contribution is 6.34. The molecule has 1 atom stereocenters. The number of amides is 1. The van der Waals surface area contributed by atoms with Crippen LogP contribution in [0.5, 0.6) is 0 Å². The number of oxime groups is 1. The second kappa shape index (κ2) is 8.32. The van der Waals surface area contributed by atoms with Gasteiger partial charge in [-0.05, 0) is 23.8 Å². The van der Waals surface area contributed by atoms with Crippen LogP contribution < -0.4 is 0 Å². The van der Waals surface area contributed by atoms with Crippen LogP contribution in [0.1, 0.15) is 30.9 Å². The van der Waals surface area contributed by atoms with Crippen molar-refractivity contribution in [1.82, 2.24) is 4.90 Å². The van der Waals surface area contributed by atoms with Crippen molar-refractivity contribution in [2.75, 3.05) is 6.54 Å². The molecule has 0 radical (unpaired) electrons. The molecule has 0 fully saturated rings. The summed E-state index contributed by atoms with van der Waals surface area (Å²) in [4.78, 5) is 19.6. The topological polar surface area (TPSA) is 41.9 Å². The Morgan fingerprint density at radius 2 is 2.00 bits per heavy atom. The first-order valence-electron chi connectivity index (χ1n) is 8.56. The smallest absolute Gasteiger partial charge is 0.222 e. The SMILES string of the molecule is CCC(=O)N(Cc1ccc(F)cc1)C[C@@H]1CC(c2ccccc2Cl)=NO1. The Morgan fingerprint density at radius 3 is 2.69 bits per heavy atom. The maximum absolute atomic E-state index is 13.1. The summed E-state index contributed by atoms with van der Waals surface area (Å²) in [6.45, 7) is 2.65. The van der Waals surface area contributed by atoms with Gasteiger partial charge in [0.1, 0.15) is 5.82 Å². The number of rotatable bonds is 6. The van der Waals surface area contributed by atoms with E-state index in [0.717, 1.165) is 16.8 Å². The molecule has 0 N–H and O–H groups in total. The zero-order chi connectivity index (χ0) is 18.5. The first-order chi connectivity index (χ1) is 12.6. The van der Waals surface area contributed by atoms with E-state index in [2.05, 4.69) is 5.16 Å². The van der Waals surface area contributed by atoms with Crippen LogP contribution in [0, 0.1) is 5.82 Å². The van der Waals surface area contributed by atoms with Crippen molar-refractivity contribution in [2.45, 2.75) is 32.4 Å². The lowest BCUT2D eigenvalue weighted by atomic mass is 10.0. The minimum atomic E-state index is -0.293. The van der Waals surface area contributed by atoms with Crippen LogP contribution in [0.25, 0.3) is 0 Å². The van der Waals surface area contributed by atoms with Crippen LogP contribution in [0.4, 0.5) is 4.39 Å². The molecule has 1 aliphatic heterocycles. The van der Waals surface area contributed by atoms with E-state index in [1.165, 1.54) is 12.1 Å². The molecule has 1 amide bonds. The maximum Gasteiger partial charge on any atom is 0.222 e. The summed E-state index contributed by atoms with van der Waals surface area (Å²) in [5, 5.41) is 4.78. The number of nitrogens with zero attached hydrogens (tertiary/aromatic N) is 2. The third kappa shape index (κ3) is 4.41. The van der Waals surface area contributed by atoms with E-state index in [1.54, 1.807) is 17.0 Å². The summed E-state index contributed by atoms with van der Waals surface area (Å²) in [5.41, 5.74) is 2.51. The minimum absolute atomic E-state index is 0.0177. The molecule has 26 heavy (non-hydrogen) atoms. The molecular weight excluding hydrogens is 355 g/mol. The van der Waals surface area contributed by atoms with E-state index in [9.17, 15) is 9.18 Å². The van der Waals surface area contributed by atoms with Crippen molar-refractivity contribution < 1.29 is 14.0 Å². The van der Waals surface area contributed by atoms with Crippen LogP contribution in [-0.4, -0.2) is 29.2 Å². The molecular formula is C20H20ClFN2O2. The number of carbonyl (C=O) groups is 1. The van der Waals surface area contributed by atoms with Crippen LogP contribution in [0.15, 0.2) is 53.7 Å². The molecule has 0 aromatic heterocycles. The highest BCUT2D eigenvalue weighted by atomic mass is 35.5. The van der Waals surface area contributed by atoms with E-state index >= 15 is 0 Å². The van der Waals surface area contributed by atoms with Gasteiger partial charge in [0.15, 0.2) is 6.10 Å². The highest BCUT2D eigenvalue weighted by Gasteiger charge is 2.27. The predicted molar refractivity (Wildman–Crippen MR) is 99.6 cm³/mol.